The number of carbonyl (C=O) groups is 2. The maximum absolute atomic E-state index is 13.7. The molecule has 0 radical (unpaired) electrons. The zero-order chi connectivity index (χ0) is 27.3. The van der Waals surface area contributed by atoms with Crippen LogP contribution in [-0.2, 0) is 39.5 Å². The summed E-state index contributed by atoms with van der Waals surface area (Å²) >= 11 is 0. The second-order valence-electron chi connectivity index (χ2n) is 11.3. The van der Waals surface area contributed by atoms with E-state index in [0.29, 0.717) is 17.8 Å². The van der Waals surface area contributed by atoms with E-state index in [1.54, 1.807) is 17.6 Å². The first kappa shape index (κ1) is 24.8. The van der Waals surface area contributed by atoms with Crippen molar-refractivity contribution in [2.75, 3.05) is 0 Å². The van der Waals surface area contributed by atoms with Crippen LogP contribution in [0.1, 0.15) is 78.6 Å². The van der Waals surface area contributed by atoms with Crippen LogP contribution in [0.3, 0.4) is 0 Å². The zero-order valence-electron chi connectivity index (χ0n) is 22.2. The standard InChI is InChI=1S/C29H31N3O6/c1-6-29(37)18-10-21-24-16(11-32(21)25(33)17(18)12-38-27(29)35)23-19(31-26(34)28(4,5)36)8-7-15-14(3)13(2)9-20(30-24)22(15)23/h9-10,19,36-37H,6-8,11-12H2,1-5H3,(H,31,34)/t19-,29-/m0/s1. The maximum atomic E-state index is 13.7. The molecule has 0 fully saturated rings. The highest BCUT2D eigenvalue weighted by Gasteiger charge is 2.46. The summed E-state index contributed by atoms with van der Waals surface area (Å²) in [4.78, 5) is 44.1. The Kier molecular flexibility index (Phi) is 5.19. The van der Waals surface area contributed by atoms with Gasteiger partial charge in [-0.2, -0.15) is 0 Å². The number of fused-ring (bicyclic) bond motifs is 5. The third kappa shape index (κ3) is 3.24. The van der Waals surface area contributed by atoms with Crippen LogP contribution >= 0.6 is 0 Å². The lowest BCUT2D eigenvalue weighted by Gasteiger charge is -2.32. The molecule has 6 rings (SSSR count). The smallest absolute Gasteiger partial charge is 0.343 e. The SMILES string of the molecule is CC[C@@]1(O)C(=O)OCc2c1cc1n(c2=O)Cc2c-1nc1cc(C)c(C)c3c1c2[C@@H](NC(=O)C(C)(C)O)CC3. The van der Waals surface area contributed by atoms with Gasteiger partial charge >= 0.3 is 5.97 Å². The minimum absolute atomic E-state index is 0.0673. The van der Waals surface area contributed by atoms with E-state index < -0.39 is 23.1 Å². The molecule has 3 aromatic rings. The van der Waals surface area contributed by atoms with Gasteiger partial charge < -0.3 is 24.8 Å². The monoisotopic (exact) mass is 517 g/mol. The molecule has 9 heteroatoms. The summed E-state index contributed by atoms with van der Waals surface area (Å²) in [5.41, 5.74) is 3.86. The van der Waals surface area contributed by atoms with Gasteiger partial charge in [-0.1, -0.05) is 6.92 Å². The Bertz CT molecular complexity index is 1650. The molecule has 0 bridgehead atoms. The van der Waals surface area contributed by atoms with Crippen molar-refractivity contribution in [3.63, 3.8) is 0 Å². The van der Waals surface area contributed by atoms with Gasteiger partial charge in [0.1, 0.15) is 12.2 Å². The van der Waals surface area contributed by atoms with Gasteiger partial charge in [0.2, 0.25) is 0 Å². The largest absolute Gasteiger partial charge is 0.458 e. The predicted octanol–water partition coefficient (Wildman–Crippen LogP) is 2.57. The third-order valence-electron chi connectivity index (χ3n) is 8.56. The topological polar surface area (TPSA) is 131 Å². The number of aromatic nitrogens is 2. The Hall–Kier alpha value is -3.56. The molecule has 0 unspecified atom stereocenters. The molecule has 0 saturated heterocycles. The number of benzene rings is 1. The molecule has 2 aromatic heterocycles. The van der Waals surface area contributed by atoms with E-state index in [4.69, 9.17) is 9.72 Å². The Morgan fingerprint density at radius 1 is 1.24 bits per heavy atom. The highest BCUT2D eigenvalue weighted by atomic mass is 16.6. The number of pyridine rings is 2. The number of carbonyl (C=O) groups excluding carboxylic acids is 2. The summed E-state index contributed by atoms with van der Waals surface area (Å²) in [7, 11) is 0. The van der Waals surface area contributed by atoms with Crippen molar-refractivity contribution in [1.29, 1.82) is 0 Å². The molecule has 3 N–H and O–H groups in total. The van der Waals surface area contributed by atoms with Gasteiger partial charge in [-0.15, -0.1) is 0 Å². The van der Waals surface area contributed by atoms with Crippen molar-refractivity contribution in [2.45, 2.75) is 84.3 Å². The Morgan fingerprint density at radius 2 is 1.97 bits per heavy atom. The van der Waals surface area contributed by atoms with Crippen molar-refractivity contribution in [3.8, 4) is 11.4 Å². The van der Waals surface area contributed by atoms with Crippen LogP contribution < -0.4 is 10.9 Å². The minimum atomic E-state index is -1.90. The van der Waals surface area contributed by atoms with Gasteiger partial charge in [-0.25, -0.2) is 9.78 Å². The number of amides is 1. The molecule has 1 aromatic carbocycles. The second-order valence-corrected chi connectivity index (χ2v) is 11.3. The van der Waals surface area contributed by atoms with E-state index in [1.165, 1.54) is 25.0 Å². The number of cyclic esters (lactones) is 1. The number of aliphatic hydroxyl groups is 2. The zero-order valence-corrected chi connectivity index (χ0v) is 22.2. The summed E-state index contributed by atoms with van der Waals surface area (Å²) in [5, 5.41) is 25.6. The number of nitrogens with one attached hydrogen (secondary N) is 1. The molecule has 198 valence electrons. The first-order valence-corrected chi connectivity index (χ1v) is 13.0. The number of nitrogens with zero attached hydrogens (tertiary/aromatic N) is 2. The van der Waals surface area contributed by atoms with Gasteiger partial charge in [0, 0.05) is 16.5 Å². The van der Waals surface area contributed by atoms with Gasteiger partial charge in [0.15, 0.2) is 5.60 Å². The average Bonchev–Trinajstić information content (AvgIpc) is 3.23. The lowest BCUT2D eigenvalue weighted by molar-refractivity contribution is -0.172. The summed E-state index contributed by atoms with van der Waals surface area (Å²) < 4.78 is 6.81. The molecule has 9 nitrogen and oxygen atoms in total. The molecule has 2 atom stereocenters. The molecule has 3 aliphatic rings. The Labute approximate surface area is 219 Å². The highest BCUT2D eigenvalue weighted by molar-refractivity contribution is 5.94. The van der Waals surface area contributed by atoms with E-state index in [0.717, 1.165) is 34.0 Å². The van der Waals surface area contributed by atoms with Crippen molar-refractivity contribution in [2.24, 2.45) is 0 Å². The number of rotatable bonds is 3. The Balaban J connectivity index is 1.64. The molecular weight excluding hydrogens is 486 g/mol. The second kappa shape index (κ2) is 7.97. The number of ether oxygens (including phenoxy) is 1. The first-order chi connectivity index (χ1) is 17.9. The summed E-state index contributed by atoms with van der Waals surface area (Å²) in [6.07, 6.45) is 1.46. The van der Waals surface area contributed by atoms with Crippen LogP contribution in [0.2, 0.25) is 0 Å². The van der Waals surface area contributed by atoms with Crippen molar-refractivity contribution in [3.05, 3.63) is 61.4 Å². The first-order valence-electron chi connectivity index (χ1n) is 13.0. The lowest BCUT2D eigenvalue weighted by atomic mass is 9.80. The van der Waals surface area contributed by atoms with E-state index in [2.05, 4.69) is 12.2 Å². The minimum Gasteiger partial charge on any atom is -0.458 e. The number of hydrogen-bond donors (Lipinski definition) is 3. The van der Waals surface area contributed by atoms with E-state index in [-0.39, 0.29) is 42.3 Å². The fraction of sp³-hybridized carbons (Fsp3) is 0.448. The normalized spacial score (nSPS) is 21.6. The highest BCUT2D eigenvalue weighted by Crippen LogP contribution is 2.46. The van der Waals surface area contributed by atoms with Crippen molar-refractivity contribution >= 4 is 22.8 Å². The molecule has 38 heavy (non-hydrogen) atoms. The molecule has 4 heterocycles. The molecule has 1 amide bonds. The van der Waals surface area contributed by atoms with Crippen molar-refractivity contribution in [1.82, 2.24) is 14.9 Å². The summed E-state index contributed by atoms with van der Waals surface area (Å²) in [6.45, 7) is 8.77. The third-order valence-corrected chi connectivity index (χ3v) is 8.56. The number of hydrogen-bond acceptors (Lipinski definition) is 7. The van der Waals surface area contributed by atoms with E-state index in [1.807, 2.05) is 13.0 Å². The van der Waals surface area contributed by atoms with Gasteiger partial charge in [0.25, 0.3) is 11.5 Å². The summed E-state index contributed by atoms with van der Waals surface area (Å²) in [5.74, 6) is -1.23. The van der Waals surface area contributed by atoms with Crippen LogP contribution in [0.4, 0.5) is 0 Å². The molecule has 0 spiro atoms. The Morgan fingerprint density at radius 3 is 2.66 bits per heavy atom. The summed E-state index contributed by atoms with van der Waals surface area (Å²) in [6, 6.07) is 3.35. The molecule has 2 aliphatic heterocycles. The maximum Gasteiger partial charge on any atom is 0.343 e. The van der Waals surface area contributed by atoms with Crippen LogP contribution in [0.5, 0.6) is 0 Å². The number of esters is 1. The van der Waals surface area contributed by atoms with Crippen LogP contribution in [-0.4, -0.2) is 37.2 Å². The van der Waals surface area contributed by atoms with Gasteiger partial charge in [-0.3, -0.25) is 9.59 Å². The van der Waals surface area contributed by atoms with Crippen LogP contribution in [0, 0.1) is 13.8 Å². The van der Waals surface area contributed by atoms with E-state index in [9.17, 15) is 24.6 Å². The van der Waals surface area contributed by atoms with Crippen LogP contribution in [0.15, 0.2) is 16.9 Å². The fourth-order valence-corrected chi connectivity index (χ4v) is 6.21. The fourth-order valence-electron chi connectivity index (χ4n) is 6.21. The lowest BCUT2D eigenvalue weighted by Crippen LogP contribution is -2.44. The van der Waals surface area contributed by atoms with Crippen LogP contribution in [0.25, 0.3) is 22.3 Å². The number of aryl methyl sites for hydroxylation is 2. The molecule has 1 aliphatic carbocycles. The average molecular weight is 518 g/mol. The van der Waals surface area contributed by atoms with Crippen molar-refractivity contribution < 1.29 is 24.5 Å². The predicted molar refractivity (Wildman–Crippen MR) is 140 cm³/mol. The molecule has 0 saturated carbocycles. The van der Waals surface area contributed by atoms with Gasteiger partial charge in [0.05, 0.1) is 35.1 Å². The van der Waals surface area contributed by atoms with E-state index >= 15 is 0 Å². The van der Waals surface area contributed by atoms with Gasteiger partial charge in [-0.05, 0) is 81.3 Å². The quantitative estimate of drug-likeness (QED) is 0.356. The molecular formula is C29H31N3O6.